The van der Waals surface area contributed by atoms with Crippen LogP contribution in [-0.4, -0.2) is 54.6 Å². The third-order valence-corrected chi connectivity index (χ3v) is 6.01. The van der Waals surface area contributed by atoms with Crippen LogP contribution >= 0.6 is 0 Å². The minimum atomic E-state index is -0.792. The van der Waals surface area contributed by atoms with Gasteiger partial charge in [-0.1, -0.05) is 0 Å². The molecular formula is C25H26N2O6. The van der Waals surface area contributed by atoms with E-state index in [4.69, 9.17) is 14.2 Å². The first-order chi connectivity index (χ1) is 15.9. The van der Waals surface area contributed by atoms with Gasteiger partial charge in [0.15, 0.2) is 11.5 Å². The Morgan fingerprint density at radius 1 is 1.06 bits per heavy atom. The van der Waals surface area contributed by atoms with Gasteiger partial charge in [-0.15, -0.1) is 0 Å². The van der Waals surface area contributed by atoms with Gasteiger partial charge < -0.3 is 29.2 Å². The van der Waals surface area contributed by atoms with Gasteiger partial charge in [0.1, 0.15) is 17.2 Å². The predicted octanol–water partition coefficient (Wildman–Crippen LogP) is 3.72. The summed E-state index contributed by atoms with van der Waals surface area (Å²) in [6, 6.07) is 10.1. The van der Waals surface area contributed by atoms with Crippen molar-refractivity contribution < 1.29 is 28.9 Å². The number of hydrogen-bond donors (Lipinski definition) is 2. The number of nitrogens with one attached hydrogen (secondary N) is 1. The van der Waals surface area contributed by atoms with Crippen LogP contribution in [0.2, 0.25) is 0 Å². The van der Waals surface area contributed by atoms with E-state index in [1.54, 1.807) is 25.3 Å². The lowest BCUT2D eigenvalue weighted by Gasteiger charge is -2.28. The molecule has 1 aliphatic heterocycles. The molecule has 172 valence electrons. The molecule has 8 nitrogen and oxygen atoms in total. The number of ketones is 1. The maximum atomic E-state index is 13.0. The van der Waals surface area contributed by atoms with Crippen LogP contribution in [0.1, 0.15) is 24.1 Å². The third kappa shape index (κ3) is 3.88. The highest BCUT2D eigenvalue weighted by Crippen LogP contribution is 2.42. The number of rotatable bonds is 8. The molecule has 8 heteroatoms. The molecular weight excluding hydrogens is 424 g/mol. The number of ether oxygens (including phenoxy) is 3. The van der Waals surface area contributed by atoms with Gasteiger partial charge in [0.05, 0.1) is 32.9 Å². The Balaban J connectivity index is 1.73. The largest absolute Gasteiger partial charge is 0.503 e. The number of benzene rings is 2. The van der Waals surface area contributed by atoms with Crippen LogP contribution in [0.5, 0.6) is 17.2 Å². The zero-order valence-corrected chi connectivity index (χ0v) is 19.0. The molecule has 1 aliphatic rings. The first-order valence-electron chi connectivity index (χ1n) is 10.5. The molecule has 1 unspecified atom stereocenters. The standard InChI is InChI=1S/C25H26N2O6/c1-14(28)22-23(19-12-17(32-3)6-8-21(19)33-4)27(25(30)24(22)29)10-9-15-13-26-20-7-5-16(31-2)11-18(15)20/h5-8,11-13,23,26,29H,9-10H2,1-4H3. The fourth-order valence-corrected chi connectivity index (χ4v) is 4.35. The van der Waals surface area contributed by atoms with Crippen molar-refractivity contribution in [3.63, 3.8) is 0 Å². The van der Waals surface area contributed by atoms with Gasteiger partial charge in [-0.2, -0.15) is 0 Å². The van der Waals surface area contributed by atoms with Crippen molar-refractivity contribution in [2.24, 2.45) is 0 Å². The van der Waals surface area contributed by atoms with Crippen LogP contribution in [0.4, 0.5) is 0 Å². The number of methoxy groups -OCH3 is 3. The molecule has 1 amide bonds. The van der Waals surface area contributed by atoms with Crippen molar-refractivity contribution in [1.29, 1.82) is 0 Å². The van der Waals surface area contributed by atoms with Gasteiger partial charge in [-0.3, -0.25) is 9.59 Å². The molecule has 2 aromatic carbocycles. The van der Waals surface area contributed by atoms with Gasteiger partial charge in [-0.05, 0) is 55.3 Å². The molecule has 0 spiro atoms. The summed E-state index contributed by atoms with van der Waals surface area (Å²) in [6.45, 7) is 1.61. The molecule has 1 atom stereocenters. The number of aromatic nitrogens is 1. The zero-order chi connectivity index (χ0) is 23.7. The number of hydrogen-bond acceptors (Lipinski definition) is 6. The number of fused-ring (bicyclic) bond motifs is 1. The Labute approximate surface area is 191 Å². The quantitative estimate of drug-likeness (QED) is 0.543. The minimum absolute atomic E-state index is 0.0483. The molecule has 2 N–H and O–H groups in total. The Morgan fingerprint density at radius 3 is 2.42 bits per heavy atom. The van der Waals surface area contributed by atoms with E-state index in [0.29, 0.717) is 23.5 Å². The third-order valence-electron chi connectivity index (χ3n) is 6.01. The molecule has 4 rings (SSSR count). The number of aliphatic hydroxyl groups excluding tert-OH is 1. The summed E-state index contributed by atoms with van der Waals surface area (Å²) in [7, 11) is 4.66. The molecule has 0 aliphatic carbocycles. The van der Waals surface area contributed by atoms with Crippen molar-refractivity contribution in [3.05, 3.63) is 65.1 Å². The first kappa shape index (κ1) is 22.3. The molecule has 33 heavy (non-hydrogen) atoms. The van der Waals surface area contributed by atoms with E-state index >= 15 is 0 Å². The molecule has 0 saturated carbocycles. The Kier molecular flexibility index (Phi) is 6.00. The SMILES string of the molecule is COc1ccc(OC)c(C2C(C(C)=O)=C(O)C(=O)N2CCc2c[nH]c3ccc(OC)cc23)c1. The Morgan fingerprint density at radius 2 is 1.76 bits per heavy atom. The summed E-state index contributed by atoms with van der Waals surface area (Å²) in [6.07, 6.45) is 2.39. The summed E-state index contributed by atoms with van der Waals surface area (Å²) in [4.78, 5) is 30.3. The maximum absolute atomic E-state index is 13.0. The van der Waals surface area contributed by atoms with Crippen molar-refractivity contribution >= 4 is 22.6 Å². The number of H-pyrrole nitrogens is 1. The number of carbonyl (C=O) groups excluding carboxylic acids is 2. The van der Waals surface area contributed by atoms with E-state index in [1.807, 2.05) is 24.4 Å². The number of Topliss-reactive ketones (excluding diaryl/α,β-unsaturated/α-hetero) is 1. The fraction of sp³-hybridized carbons (Fsp3) is 0.280. The number of aliphatic hydroxyl groups is 1. The zero-order valence-electron chi connectivity index (χ0n) is 19.0. The number of amides is 1. The number of nitrogens with zero attached hydrogens (tertiary/aromatic N) is 1. The van der Waals surface area contributed by atoms with Crippen molar-refractivity contribution in [2.75, 3.05) is 27.9 Å². The molecule has 0 bridgehead atoms. The van der Waals surface area contributed by atoms with E-state index in [9.17, 15) is 14.7 Å². The predicted molar refractivity (Wildman–Crippen MR) is 123 cm³/mol. The lowest BCUT2D eigenvalue weighted by atomic mass is 9.95. The molecule has 0 saturated heterocycles. The second-order valence-electron chi connectivity index (χ2n) is 7.80. The minimum Gasteiger partial charge on any atom is -0.503 e. The van der Waals surface area contributed by atoms with Crippen LogP contribution in [0.3, 0.4) is 0 Å². The summed E-state index contributed by atoms with van der Waals surface area (Å²) < 4.78 is 16.2. The van der Waals surface area contributed by atoms with Crippen LogP contribution in [-0.2, 0) is 16.0 Å². The Bertz CT molecular complexity index is 1260. The van der Waals surface area contributed by atoms with Crippen LogP contribution in [0.25, 0.3) is 10.9 Å². The average molecular weight is 450 g/mol. The van der Waals surface area contributed by atoms with E-state index in [0.717, 1.165) is 22.2 Å². The van der Waals surface area contributed by atoms with E-state index in [1.165, 1.54) is 26.0 Å². The van der Waals surface area contributed by atoms with Gasteiger partial charge >= 0.3 is 0 Å². The monoisotopic (exact) mass is 450 g/mol. The Hall–Kier alpha value is -3.94. The normalized spacial score (nSPS) is 15.9. The maximum Gasteiger partial charge on any atom is 0.290 e. The fourth-order valence-electron chi connectivity index (χ4n) is 4.35. The topological polar surface area (TPSA) is 101 Å². The first-order valence-corrected chi connectivity index (χ1v) is 10.5. The van der Waals surface area contributed by atoms with E-state index < -0.39 is 17.7 Å². The summed E-state index contributed by atoms with van der Waals surface area (Å²) in [5.74, 6) is 0.276. The smallest absolute Gasteiger partial charge is 0.290 e. The second-order valence-corrected chi connectivity index (χ2v) is 7.80. The van der Waals surface area contributed by atoms with E-state index in [-0.39, 0.29) is 17.9 Å². The molecule has 1 aromatic heterocycles. The van der Waals surface area contributed by atoms with Crippen LogP contribution in [0, 0.1) is 0 Å². The van der Waals surface area contributed by atoms with Gasteiger partial charge in [-0.25, -0.2) is 0 Å². The summed E-state index contributed by atoms with van der Waals surface area (Å²) in [5, 5.41) is 11.6. The highest BCUT2D eigenvalue weighted by molar-refractivity contribution is 6.08. The summed E-state index contributed by atoms with van der Waals surface area (Å²) >= 11 is 0. The molecule has 0 fully saturated rings. The van der Waals surface area contributed by atoms with Crippen LogP contribution < -0.4 is 14.2 Å². The highest BCUT2D eigenvalue weighted by Gasteiger charge is 2.43. The van der Waals surface area contributed by atoms with Gasteiger partial charge in [0, 0.05) is 29.2 Å². The van der Waals surface area contributed by atoms with Gasteiger partial charge in [0.2, 0.25) is 0 Å². The second kappa shape index (κ2) is 8.90. The molecule has 2 heterocycles. The van der Waals surface area contributed by atoms with Gasteiger partial charge in [0.25, 0.3) is 5.91 Å². The van der Waals surface area contributed by atoms with E-state index in [2.05, 4.69) is 4.98 Å². The lowest BCUT2D eigenvalue weighted by Crippen LogP contribution is -2.33. The molecule has 3 aromatic rings. The number of aromatic amines is 1. The summed E-state index contributed by atoms with van der Waals surface area (Å²) in [5.41, 5.74) is 2.56. The number of carbonyl (C=O) groups is 2. The average Bonchev–Trinajstić information content (AvgIpc) is 3.34. The van der Waals surface area contributed by atoms with Crippen molar-refractivity contribution in [1.82, 2.24) is 9.88 Å². The van der Waals surface area contributed by atoms with Crippen LogP contribution in [0.15, 0.2) is 53.9 Å². The lowest BCUT2D eigenvalue weighted by molar-refractivity contribution is -0.129. The van der Waals surface area contributed by atoms with Crippen molar-refractivity contribution in [2.45, 2.75) is 19.4 Å². The highest BCUT2D eigenvalue weighted by atomic mass is 16.5. The van der Waals surface area contributed by atoms with Crippen molar-refractivity contribution in [3.8, 4) is 17.2 Å². The molecule has 0 radical (unpaired) electrons.